The van der Waals surface area contributed by atoms with E-state index in [1.165, 1.54) is 24.3 Å². The Hall–Kier alpha value is -3.69. The van der Waals surface area contributed by atoms with E-state index >= 15 is 0 Å². The lowest BCUT2D eigenvalue weighted by Gasteiger charge is -2.35. The highest BCUT2D eigenvalue weighted by Crippen LogP contribution is 2.58. The molecule has 14 heteroatoms. The molecule has 3 aromatic rings. The van der Waals surface area contributed by atoms with Crippen molar-refractivity contribution in [2.24, 2.45) is 5.92 Å². The molecule has 1 aromatic carbocycles. The standard InChI is InChI=1S/C32H33FN5O6PS/c33-28(45(42,43)44)18-6-9-26-20(13-18)14-27(46-26)29(39)36-24-5-1-4-21-7-8-25(38(21)30(24)40)31(41)37-17-22(19-3-2-12-35-16-19)23(15-34)32(37)10-11-32/h2-3,6,9,12-14,16,21-25,28H,1,4-5,7-8,10-11,17H2,(H,36,39)(H2,42,43,44)/t21-,22?,23-,24-,25-,28-/m0/s1. The Morgan fingerprint density at radius 1 is 1.17 bits per heavy atom. The zero-order valence-corrected chi connectivity index (χ0v) is 26.5. The number of fused-ring (bicyclic) bond motifs is 2. The summed E-state index contributed by atoms with van der Waals surface area (Å²) in [7, 11) is -4.99. The fraction of sp³-hybridized carbons (Fsp3) is 0.469. The van der Waals surface area contributed by atoms with Gasteiger partial charge in [0.1, 0.15) is 12.1 Å². The number of thiophene rings is 1. The minimum absolute atomic E-state index is 0.104. The molecule has 6 atom stereocenters. The van der Waals surface area contributed by atoms with Crippen molar-refractivity contribution >= 4 is 46.7 Å². The number of rotatable bonds is 6. The third-order valence-electron chi connectivity index (χ3n) is 10.2. The third-order valence-corrected chi connectivity index (χ3v) is 12.2. The van der Waals surface area contributed by atoms with Crippen molar-refractivity contribution in [1.82, 2.24) is 20.1 Å². The van der Waals surface area contributed by atoms with E-state index in [1.807, 2.05) is 17.0 Å². The summed E-state index contributed by atoms with van der Waals surface area (Å²) in [5, 5.41) is 13.5. The third kappa shape index (κ3) is 5.21. The van der Waals surface area contributed by atoms with E-state index in [-0.39, 0.29) is 40.1 Å². The lowest BCUT2D eigenvalue weighted by Crippen LogP contribution is -2.56. The summed E-state index contributed by atoms with van der Waals surface area (Å²) in [5.74, 6) is -3.88. The van der Waals surface area contributed by atoms with Crippen molar-refractivity contribution in [3.05, 3.63) is 64.8 Å². The van der Waals surface area contributed by atoms with Gasteiger partial charge in [-0.15, -0.1) is 11.3 Å². The Balaban J connectivity index is 1.09. The maximum atomic E-state index is 14.3. The zero-order valence-electron chi connectivity index (χ0n) is 24.8. The number of likely N-dealkylation sites (tertiary alicyclic amines) is 1. The summed E-state index contributed by atoms with van der Waals surface area (Å²) in [4.78, 5) is 68.2. The molecule has 5 heterocycles. The predicted molar refractivity (Wildman–Crippen MR) is 166 cm³/mol. The number of carbonyl (C=O) groups excluding carboxylic acids is 3. The molecule has 1 unspecified atom stereocenters. The Morgan fingerprint density at radius 2 is 1.98 bits per heavy atom. The number of nitrogens with one attached hydrogen (secondary N) is 1. The van der Waals surface area contributed by atoms with Crippen molar-refractivity contribution in [1.29, 1.82) is 5.26 Å². The summed E-state index contributed by atoms with van der Waals surface area (Å²) >= 11 is 1.13. The average Bonchev–Trinajstić information content (AvgIpc) is 3.42. The van der Waals surface area contributed by atoms with Crippen LogP contribution in [0.5, 0.6) is 0 Å². The second-order valence-corrected chi connectivity index (χ2v) is 15.5. The quantitative estimate of drug-likeness (QED) is 0.327. The summed E-state index contributed by atoms with van der Waals surface area (Å²) < 4.78 is 26.3. The maximum absolute atomic E-state index is 14.3. The van der Waals surface area contributed by atoms with Crippen LogP contribution in [0.25, 0.3) is 10.1 Å². The van der Waals surface area contributed by atoms with Crippen LogP contribution in [0.4, 0.5) is 4.39 Å². The highest BCUT2D eigenvalue weighted by Gasteiger charge is 2.64. The van der Waals surface area contributed by atoms with Gasteiger partial charge in [0.25, 0.3) is 5.91 Å². The molecule has 4 fully saturated rings. The molecule has 46 heavy (non-hydrogen) atoms. The highest BCUT2D eigenvalue weighted by molar-refractivity contribution is 7.51. The van der Waals surface area contributed by atoms with Crippen molar-refractivity contribution in [2.75, 3.05) is 6.54 Å². The van der Waals surface area contributed by atoms with Gasteiger partial charge in [-0.3, -0.25) is 23.9 Å². The minimum atomic E-state index is -4.99. The molecule has 1 aliphatic carbocycles. The molecule has 3 aliphatic heterocycles. The van der Waals surface area contributed by atoms with Crippen molar-refractivity contribution in [3.63, 3.8) is 0 Å². The van der Waals surface area contributed by atoms with Crippen LogP contribution in [-0.4, -0.2) is 72.5 Å². The number of pyridine rings is 1. The van der Waals surface area contributed by atoms with Crippen LogP contribution >= 0.6 is 18.9 Å². The molecule has 240 valence electrons. The molecule has 3 N–H and O–H groups in total. The lowest BCUT2D eigenvalue weighted by atomic mass is 9.85. The summed E-state index contributed by atoms with van der Waals surface area (Å²) in [6, 6.07) is 10.3. The van der Waals surface area contributed by atoms with Crippen molar-refractivity contribution < 1.29 is 33.1 Å². The fourth-order valence-corrected chi connectivity index (χ4v) is 9.31. The first-order valence-corrected chi connectivity index (χ1v) is 18.0. The summed E-state index contributed by atoms with van der Waals surface area (Å²) in [6.07, 6.45) is 8.00. The Kier molecular flexibility index (Phi) is 7.75. The van der Waals surface area contributed by atoms with Gasteiger partial charge in [-0.25, -0.2) is 4.39 Å². The molecule has 11 nitrogen and oxygen atoms in total. The van der Waals surface area contributed by atoms with Crippen LogP contribution in [0.1, 0.15) is 77.6 Å². The van der Waals surface area contributed by atoms with Crippen LogP contribution in [0.3, 0.4) is 0 Å². The van der Waals surface area contributed by atoms with Crippen molar-refractivity contribution in [2.45, 2.75) is 80.4 Å². The van der Waals surface area contributed by atoms with E-state index in [0.717, 1.165) is 36.2 Å². The minimum Gasteiger partial charge on any atom is -0.340 e. The zero-order chi connectivity index (χ0) is 32.4. The number of alkyl halides is 1. The average molecular weight is 666 g/mol. The first-order chi connectivity index (χ1) is 22.0. The van der Waals surface area contributed by atoms with Crippen molar-refractivity contribution in [3.8, 4) is 6.07 Å². The van der Waals surface area contributed by atoms with Gasteiger partial charge >= 0.3 is 7.60 Å². The SMILES string of the molecule is N#C[C@H]1C(c2cccnc2)CN(C(=O)[C@@H]2CC[C@@H]3CCC[C@H](NC(=O)c4cc5cc([C@@H](F)P(=O)(O)O)ccc5s4)C(=O)N32)C12CC2. The molecule has 4 aliphatic rings. The molecule has 0 radical (unpaired) electrons. The van der Waals surface area contributed by atoms with Gasteiger partial charge < -0.3 is 24.9 Å². The monoisotopic (exact) mass is 665 g/mol. The van der Waals surface area contributed by atoms with E-state index in [0.29, 0.717) is 42.3 Å². The van der Waals surface area contributed by atoms with Gasteiger partial charge in [0.2, 0.25) is 17.7 Å². The first kappa shape index (κ1) is 30.9. The number of nitriles is 1. The van der Waals surface area contributed by atoms with Crippen LogP contribution < -0.4 is 5.32 Å². The van der Waals surface area contributed by atoms with Crippen LogP contribution in [-0.2, 0) is 14.2 Å². The fourth-order valence-electron chi connectivity index (χ4n) is 7.81. The number of carbonyl (C=O) groups is 3. The second kappa shape index (κ2) is 11.5. The highest BCUT2D eigenvalue weighted by atomic mass is 32.1. The predicted octanol–water partition coefficient (Wildman–Crippen LogP) is 4.38. The maximum Gasteiger partial charge on any atom is 0.363 e. The second-order valence-electron chi connectivity index (χ2n) is 12.8. The topological polar surface area (TPSA) is 164 Å². The van der Waals surface area contributed by atoms with E-state index in [4.69, 9.17) is 0 Å². The number of hydrogen-bond acceptors (Lipinski definition) is 7. The Bertz CT molecular complexity index is 1800. The Labute approximate surface area is 268 Å². The molecule has 2 aromatic heterocycles. The van der Waals surface area contributed by atoms with Gasteiger partial charge in [-0.2, -0.15) is 5.26 Å². The summed E-state index contributed by atoms with van der Waals surface area (Å²) in [5.41, 5.74) is 0.220. The number of benzene rings is 1. The Morgan fingerprint density at radius 3 is 2.67 bits per heavy atom. The molecular formula is C32H33FN5O6PS. The lowest BCUT2D eigenvalue weighted by molar-refractivity contribution is -0.147. The van der Waals surface area contributed by atoms with Crippen LogP contribution in [0.15, 0.2) is 48.8 Å². The molecule has 0 bridgehead atoms. The van der Waals surface area contributed by atoms with Gasteiger partial charge in [-0.1, -0.05) is 12.1 Å². The van der Waals surface area contributed by atoms with Crippen LogP contribution in [0.2, 0.25) is 0 Å². The van der Waals surface area contributed by atoms with Gasteiger partial charge in [0, 0.05) is 35.6 Å². The molecule has 3 saturated heterocycles. The largest absolute Gasteiger partial charge is 0.363 e. The van der Waals surface area contributed by atoms with Gasteiger partial charge in [-0.05, 0) is 85.7 Å². The van der Waals surface area contributed by atoms with Gasteiger partial charge in [0.05, 0.1) is 22.4 Å². The van der Waals surface area contributed by atoms with Crippen LogP contribution in [0, 0.1) is 17.2 Å². The van der Waals surface area contributed by atoms with E-state index in [2.05, 4.69) is 16.4 Å². The summed E-state index contributed by atoms with van der Waals surface area (Å²) in [6.45, 7) is 0.400. The smallest absolute Gasteiger partial charge is 0.340 e. The number of halogens is 1. The van der Waals surface area contributed by atoms with E-state index in [9.17, 15) is 38.4 Å². The van der Waals surface area contributed by atoms with E-state index < -0.39 is 37.0 Å². The molecule has 1 saturated carbocycles. The molecular weight excluding hydrogens is 632 g/mol. The van der Waals surface area contributed by atoms with E-state index in [1.54, 1.807) is 17.3 Å². The number of amides is 3. The normalized spacial score (nSPS) is 27.7. The molecule has 3 amide bonds. The van der Waals surface area contributed by atoms with Gasteiger partial charge in [0.15, 0.2) is 0 Å². The number of nitrogens with zero attached hydrogens (tertiary/aromatic N) is 4. The molecule has 7 rings (SSSR count). The first-order valence-electron chi connectivity index (χ1n) is 15.5. The number of aromatic nitrogens is 1. The molecule has 1 spiro atoms. The number of hydrogen-bond donors (Lipinski definition) is 3.